The number of amides is 2. The van der Waals surface area contributed by atoms with E-state index in [1.54, 1.807) is 0 Å². The fourth-order valence-corrected chi connectivity index (χ4v) is 14.8. The Balaban J connectivity index is 1.28. The van der Waals surface area contributed by atoms with Crippen LogP contribution in [0.1, 0.15) is 226 Å². The summed E-state index contributed by atoms with van der Waals surface area (Å²) in [4.78, 5) is 40.5. The predicted molar refractivity (Wildman–Crippen MR) is 383 cm³/mol. The van der Waals surface area contributed by atoms with Gasteiger partial charge in [0.05, 0.1) is 63.9 Å². The van der Waals surface area contributed by atoms with E-state index in [1.165, 1.54) is 96.3 Å². The summed E-state index contributed by atoms with van der Waals surface area (Å²) in [6, 6.07) is -3.37. The smallest absolute Gasteiger partial charge is 0.364 e. The van der Waals surface area contributed by atoms with E-state index in [-0.39, 0.29) is 12.8 Å². The zero-order chi connectivity index (χ0) is 80.3. The summed E-state index contributed by atoms with van der Waals surface area (Å²) in [7, 11) is 0. The second-order valence-electron chi connectivity index (χ2n) is 30.2. The van der Waals surface area contributed by atoms with Gasteiger partial charge < -0.3 is 160 Å². The molecule has 640 valence electrons. The molecule has 0 aliphatic carbocycles. The van der Waals surface area contributed by atoms with E-state index in [9.17, 15) is 117 Å². The third-order valence-corrected chi connectivity index (χ3v) is 21.5. The number of carbonyl (C=O) groups is 3. The van der Waals surface area contributed by atoms with Gasteiger partial charge in [0.25, 0.3) is 5.79 Å². The average Bonchev–Trinajstić information content (AvgIpc) is 1.19. The van der Waals surface area contributed by atoms with Crippen LogP contribution in [0.15, 0.2) is 0 Å². The summed E-state index contributed by atoms with van der Waals surface area (Å²) in [5.74, 6) is -7.46. The van der Waals surface area contributed by atoms with Crippen LogP contribution in [0.25, 0.3) is 0 Å². The number of nitrogens with one attached hydrogen (secondary N) is 2. The second-order valence-corrected chi connectivity index (χ2v) is 30.2. The summed E-state index contributed by atoms with van der Waals surface area (Å²) < 4.78 is 58.2. The highest BCUT2D eigenvalue weighted by molar-refractivity contribution is 5.80. The first-order chi connectivity index (χ1) is 52.2. The number of hydrogen-bond donors (Lipinski definition) is 22. The molecule has 0 bridgehead atoms. The first-order valence-electron chi connectivity index (χ1n) is 40.1. The number of aliphatic hydroxyl groups excluding tert-OH is 19. The lowest BCUT2D eigenvalue weighted by molar-refractivity contribution is -0.393. The summed E-state index contributed by atoms with van der Waals surface area (Å²) >= 11 is 0. The zero-order valence-electron chi connectivity index (χ0n) is 63.9. The maximum atomic E-state index is 13.9. The average molecular weight is 1580 g/mol. The summed E-state index contributed by atoms with van der Waals surface area (Å²) in [5.41, 5.74) is 0. The van der Waals surface area contributed by atoms with Crippen molar-refractivity contribution in [3.63, 3.8) is 0 Å². The first-order valence-corrected chi connectivity index (χ1v) is 40.1. The molecule has 0 unspecified atom stereocenters. The highest BCUT2D eigenvalue weighted by atomic mass is 16.8. The van der Waals surface area contributed by atoms with E-state index in [1.807, 2.05) is 0 Å². The quantitative estimate of drug-likeness (QED) is 0.0297. The number of rotatable bonds is 56. The van der Waals surface area contributed by atoms with Gasteiger partial charge in [-0.15, -0.1) is 0 Å². The highest BCUT2D eigenvalue weighted by Crippen LogP contribution is 2.42. The molecule has 5 heterocycles. The third kappa shape index (κ3) is 29.7. The van der Waals surface area contributed by atoms with Gasteiger partial charge in [0.2, 0.25) is 11.8 Å². The van der Waals surface area contributed by atoms with Crippen molar-refractivity contribution in [1.82, 2.24) is 10.6 Å². The van der Waals surface area contributed by atoms with E-state index in [0.29, 0.717) is 12.8 Å². The maximum Gasteiger partial charge on any atom is 0.364 e. The molecule has 0 aromatic heterocycles. The van der Waals surface area contributed by atoms with Gasteiger partial charge in [-0.25, -0.2) is 4.79 Å². The first kappa shape index (κ1) is 96.8. The van der Waals surface area contributed by atoms with Crippen molar-refractivity contribution in [3.05, 3.63) is 0 Å². The van der Waals surface area contributed by atoms with E-state index in [2.05, 4.69) is 24.5 Å². The van der Waals surface area contributed by atoms with Crippen LogP contribution in [0.5, 0.6) is 0 Å². The standard InChI is InChI=1S/C74H136N2O33/c1-4-6-8-10-12-14-16-17-18-19-20-21-22-23-24-26-28-30-32-34-45(84)68(97)76-43(53(87)44(83)33-31-29-27-25-15-13-11-9-7-5-2)41-100-69-59(93)58(92)64(51(40-81)104-69)106-72-62(96)67(56(90)50(39-80)103-72)109-74(73(98)99)35-48(52(75-42(3)82)65(108-74)54(88)46(85)36-77)101-71-61(95)66(55(89)49(38-79)102-71)107-70-60(94)57(91)63(105-70)47(86)37-78/h43-67,69-72,77-81,83-96H,4-41H2,1-3H3,(H,75,82)(H,76,97)(H,98,99)/t43-,44+,45+,46+,47-,48-,49+,50+,51+,52+,53-,54+,55-,56-,57+,58+,59+,60+,61+,62+,63-,64+,65+,66-,67-,69+,70-,71-,72-,74-/m0/s1. The number of aliphatic carboxylic acids is 1. The van der Waals surface area contributed by atoms with Gasteiger partial charge in [-0.2, -0.15) is 0 Å². The van der Waals surface area contributed by atoms with Gasteiger partial charge in [0.1, 0.15) is 128 Å². The lowest BCUT2D eigenvalue weighted by Crippen LogP contribution is -2.72. The minimum absolute atomic E-state index is 0.0870. The molecule has 5 saturated heterocycles. The number of carbonyl (C=O) groups excluding carboxylic acids is 2. The number of hydrogen-bond acceptors (Lipinski definition) is 32. The van der Waals surface area contributed by atoms with Crippen molar-refractivity contribution in [3.8, 4) is 0 Å². The topological polar surface area (TPSA) is 572 Å². The van der Waals surface area contributed by atoms with E-state index in [4.69, 9.17) is 47.4 Å². The Morgan fingerprint density at radius 3 is 1.36 bits per heavy atom. The van der Waals surface area contributed by atoms with Gasteiger partial charge in [0, 0.05) is 13.3 Å². The van der Waals surface area contributed by atoms with Gasteiger partial charge in [-0.1, -0.05) is 200 Å². The van der Waals surface area contributed by atoms with Crippen LogP contribution < -0.4 is 10.6 Å². The third-order valence-electron chi connectivity index (χ3n) is 21.5. The monoisotopic (exact) mass is 1580 g/mol. The number of carboxylic acids is 1. The Bertz CT molecular complexity index is 2460. The van der Waals surface area contributed by atoms with Crippen LogP contribution in [-0.4, -0.2) is 343 Å². The minimum atomic E-state index is -3.43. The van der Waals surface area contributed by atoms with Gasteiger partial charge in [-0.05, 0) is 12.8 Å². The molecular formula is C74H136N2O33. The van der Waals surface area contributed by atoms with Crippen LogP contribution in [0.4, 0.5) is 0 Å². The van der Waals surface area contributed by atoms with Crippen LogP contribution in [-0.2, 0) is 61.8 Å². The lowest BCUT2D eigenvalue weighted by Gasteiger charge is -2.52. The molecule has 5 aliphatic rings. The largest absolute Gasteiger partial charge is 0.477 e. The molecule has 5 aliphatic heterocycles. The highest BCUT2D eigenvalue weighted by Gasteiger charge is 2.62. The predicted octanol–water partition coefficient (Wildman–Crippen LogP) is -1.85. The Kier molecular flexibility index (Phi) is 45.6. The molecule has 5 fully saturated rings. The summed E-state index contributed by atoms with van der Waals surface area (Å²) in [6.07, 6.45) is -23.8. The van der Waals surface area contributed by atoms with E-state index >= 15 is 0 Å². The summed E-state index contributed by atoms with van der Waals surface area (Å²) in [6.45, 7) is -0.929. The Morgan fingerprint density at radius 2 is 0.890 bits per heavy atom. The SMILES string of the molecule is CCCCCCCCCCCCCCCCCCCCC[C@@H](O)C(=O)N[C@@H](CO[C@@H]1O[C@H](CO)[C@@H](O[C@@H]2O[C@H](CO)[C@H](O)[C@H](O[C@]3(C(=O)O)C[C@H](O[C@H]4O[C@H](CO)[C@H](O)[C@H](O[C@@H]5O[C@@H]([C@@H](O)CO)[C@H](O)[C@H]5O)[C@H]4O)[C@@H](NC(C)=O)[C@H]([C@H](O)[C@H](O)CO)O3)[C@H]2O)[C@H](O)[C@H]1O)[C@H](O)[C@H](O)CCCCCCCCCCCC. The molecule has 35 heteroatoms. The van der Waals surface area contributed by atoms with Crippen molar-refractivity contribution in [1.29, 1.82) is 0 Å². The molecule has 30 atom stereocenters. The van der Waals surface area contributed by atoms with E-state index in [0.717, 1.165) is 84.0 Å². The second kappa shape index (κ2) is 51.4. The zero-order valence-corrected chi connectivity index (χ0v) is 63.9. The van der Waals surface area contributed by atoms with Crippen molar-refractivity contribution < 1.29 is 164 Å². The maximum absolute atomic E-state index is 13.9. The van der Waals surface area contributed by atoms with Crippen LogP contribution >= 0.6 is 0 Å². The molecule has 0 saturated carbocycles. The molecule has 2 amide bonds. The molecule has 0 radical (unpaired) electrons. The normalized spacial score (nSPS) is 34.3. The molecule has 35 nitrogen and oxygen atoms in total. The van der Waals surface area contributed by atoms with E-state index < -0.39 is 247 Å². The molecule has 22 N–H and O–H groups in total. The minimum Gasteiger partial charge on any atom is -0.477 e. The molecule has 109 heavy (non-hydrogen) atoms. The molecule has 0 aromatic rings. The lowest BCUT2D eigenvalue weighted by atomic mass is 9.87. The van der Waals surface area contributed by atoms with Gasteiger partial charge in [-0.3, -0.25) is 9.59 Å². The van der Waals surface area contributed by atoms with Crippen molar-refractivity contribution >= 4 is 17.8 Å². The summed E-state index contributed by atoms with van der Waals surface area (Å²) in [5, 5.41) is 226. The fraction of sp³-hybridized carbons (Fsp3) is 0.959. The molecule has 0 spiro atoms. The number of ether oxygens (including phenoxy) is 10. The van der Waals surface area contributed by atoms with Crippen molar-refractivity contribution in [2.45, 2.75) is 410 Å². The molecule has 0 aromatic carbocycles. The van der Waals surface area contributed by atoms with Crippen LogP contribution in [0.2, 0.25) is 0 Å². The molecule has 5 rings (SSSR count). The van der Waals surface area contributed by atoms with Crippen LogP contribution in [0.3, 0.4) is 0 Å². The fourth-order valence-electron chi connectivity index (χ4n) is 14.8. The van der Waals surface area contributed by atoms with Crippen molar-refractivity contribution in [2.75, 3.05) is 39.6 Å². The van der Waals surface area contributed by atoms with Crippen molar-refractivity contribution in [2.24, 2.45) is 0 Å². The molecular weight excluding hydrogens is 1440 g/mol. The van der Waals surface area contributed by atoms with Gasteiger partial charge >= 0.3 is 5.97 Å². The number of aliphatic hydroxyl groups is 19. The van der Waals surface area contributed by atoms with Crippen LogP contribution in [0, 0.1) is 0 Å². The Morgan fingerprint density at radius 1 is 0.459 bits per heavy atom. The number of unbranched alkanes of at least 4 members (excludes halogenated alkanes) is 27. The Labute approximate surface area is 639 Å². The van der Waals surface area contributed by atoms with Gasteiger partial charge in [0.15, 0.2) is 25.2 Å². The number of carboxylic acid groups (broad SMARTS) is 1. The Hall–Kier alpha value is -2.75.